The first-order valence-electron chi connectivity index (χ1n) is 8.05. The lowest BCUT2D eigenvalue weighted by Crippen LogP contribution is -1.91. The lowest BCUT2D eigenvalue weighted by Gasteiger charge is -2.01. The Labute approximate surface area is 211 Å². The van der Waals surface area contributed by atoms with Crippen molar-refractivity contribution in [3.8, 4) is 0 Å². The van der Waals surface area contributed by atoms with Gasteiger partial charge < -0.3 is 28.7 Å². The summed E-state index contributed by atoms with van der Waals surface area (Å²) in [5.74, 6) is 0. The van der Waals surface area contributed by atoms with Crippen LogP contribution in [0.3, 0.4) is 0 Å². The molecule has 0 aromatic heterocycles. The van der Waals surface area contributed by atoms with E-state index in [1.165, 1.54) is 0 Å². The van der Waals surface area contributed by atoms with Crippen molar-refractivity contribution in [3.05, 3.63) is 66.5 Å². The molecule has 0 aliphatic carbocycles. The van der Waals surface area contributed by atoms with Crippen LogP contribution in [-0.2, 0) is 0 Å². The normalized spacial score (nSPS) is 9.80. The van der Waals surface area contributed by atoms with Crippen molar-refractivity contribution in [2.45, 2.75) is 4.90 Å². The van der Waals surface area contributed by atoms with Gasteiger partial charge in [-0.25, -0.2) is 0 Å². The third-order valence-electron chi connectivity index (χ3n) is 3.38. The van der Waals surface area contributed by atoms with E-state index >= 15 is 0 Å². The van der Waals surface area contributed by atoms with Crippen LogP contribution in [0.1, 0.15) is 0 Å². The van der Waals surface area contributed by atoms with Gasteiger partial charge in [0.05, 0.1) is 26.4 Å². The Morgan fingerprint density at radius 1 is 0.633 bits per heavy atom. The van der Waals surface area contributed by atoms with Crippen molar-refractivity contribution in [1.29, 1.82) is 0 Å². The Morgan fingerprint density at radius 3 is 1.50 bits per heavy atom. The van der Waals surface area contributed by atoms with E-state index in [0.717, 1.165) is 18.9 Å². The summed E-state index contributed by atoms with van der Waals surface area (Å²) in [5.41, 5.74) is 30.4. The van der Waals surface area contributed by atoms with Gasteiger partial charge in [0.1, 0.15) is 0 Å². The first-order valence-corrected chi connectivity index (χ1v) is 12.0. The molecule has 0 heterocycles. The second kappa shape index (κ2) is 12.6. The van der Waals surface area contributed by atoms with E-state index in [-0.39, 0.29) is 0 Å². The summed E-state index contributed by atoms with van der Waals surface area (Å²) in [6.45, 7) is 0. The van der Waals surface area contributed by atoms with Crippen LogP contribution in [0.25, 0.3) is 0 Å². The molecule has 0 fully saturated rings. The zero-order chi connectivity index (χ0) is 23.0. The third kappa shape index (κ3) is 8.53. The number of hydrogen-bond acceptors (Lipinski definition) is 6. The number of benzene rings is 3. The summed E-state index contributed by atoms with van der Waals surface area (Å²) >= 11 is 25.2. The van der Waals surface area contributed by atoms with Crippen LogP contribution >= 0.6 is 78.4 Å². The van der Waals surface area contributed by atoms with E-state index < -0.39 is 0 Å². The molecule has 0 aliphatic heterocycles. The molecule has 3 rings (SSSR count). The molecule has 11 heteroatoms. The molecule has 3 aromatic carbocycles. The molecule has 10 N–H and O–H groups in total. The average molecular weight is 617 g/mol. The van der Waals surface area contributed by atoms with Gasteiger partial charge >= 0.3 is 0 Å². The second-order valence-corrected chi connectivity index (χ2v) is 9.47. The maximum atomic E-state index is 5.83. The van der Waals surface area contributed by atoms with Gasteiger partial charge in [0.15, 0.2) is 0 Å². The Balaban J connectivity index is 0.000000225. The highest BCUT2D eigenvalue weighted by Crippen LogP contribution is 2.31. The lowest BCUT2D eigenvalue weighted by atomic mass is 10.3. The second-order valence-electron chi connectivity index (χ2n) is 5.69. The highest BCUT2D eigenvalue weighted by atomic mass is 79.9. The van der Waals surface area contributed by atoms with Gasteiger partial charge in [0.25, 0.3) is 0 Å². The van der Waals surface area contributed by atoms with Crippen LogP contribution < -0.4 is 28.7 Å². The van der Waals surface area contributed by atoms with E-state index in [4.69, 9.17) is 63.5 Å². The molecule has 0 saturated heterocycles. The van der Waals surface area contributed by atoms with Crippen molar-refractivity contribution in [1.82, 2.24) is 0 Å². The Hall–Kier alpha value is -1.16. The van der Waals surface area contributed by atoms with Crippen LogP contribution in [0.5, 0.6) is 0 Å². The first kappa shape index (κ1) is 26.9. The summed E-state index contributed by atoms with van der Waals surface area (Å²) in [6.07, 6.45) is 1.98. The van der Waals surface area contributed by atoms with Crippen LogP contribution in [0.15, 0.2) is 56.3 Å². The van der Waals surface area contributed by atoms with Crippen molar-refractivity contribution < 1.29 is 0 Å². The van der Waals surface area contributed by atoms with Crippen LogP contribution in [0.2, 0.25) is 15.1 Å². The monoisotopic (exact) mass is 613 g/mol. The first-order chi connectivity index (χ1) is 14.0. The van der Waals surface area contributed by atoms with Gasteiger partial charge in [-0.1, -0.05) is 34.8 Å². The Kier molecular flexibility index (Phi) is 11.3. The zero-order valence-corrected chi connectivity index (χ0v) is 22.0. The maximum absolute atomic E-state index is 5.83. The van der Waals surface area contributed by atoms with Crippen molar-refractivity contribution in [2.24, 2.45) is 0 Å². The minimum atomic E-state index is 0.373. The van der Waals surface area contributed by atoms with Crippen molar-refractivity contribution in [2.75, 3.05) is 34.9 Å². The molecule has 0 saturated carbocycles. The van der Waals surface area contributed by atoms with Gasteiger partial charge in [-0.05, 0) is 80.6 Å². The van der Waals surface area contributed by atoms with Gasteiger partial charge in [0.2, 0.25) is 0 Å². The van der Waals surface area contributed by atoms with E-state index in [1.54, 1.807) is 42.1 Å². The molecule has 0 bridgehead atoms. The SMILES string of the molecule is CSc1ccc(N)cc1Cl.Nc1cc(Br)c(N)c(Br)c1.Nc1cc(Cl)c(N)c(Cl)c1. The molecule has 162 valence electrons. The van der Waals surface area contributed by atoms with Crippen molar-refractivity contribution in [3.63, 3.8) is 0 Å². The molecule has 0 atom stereocenters. The lowest BCUT2D eigenvalue weighted by molar-refractivity contribution is 1.47. The minimum absolute atomic E-state index is 0.373. The number of nitrogen functional groups attached to an aromatic ring is 5. The summed E-state index contributed by atoms with van der Waals surface area (Å²) in [5, 5.41) is 1.52. The fourth-order valence-corrected chi connectivity index (χ4v) is 4.49. The molecule has 5 nitrogen and oxygen atoms in total. The average Bonchev–Trinajstić information content (AvgIpc) is 2.65. The molecular weight excluding hydrogens is 596 g/mol. The predicted octanol–water partition coefficient (Wildman–Crippen LogP) is 7.18. The molecule has 0 spiro atoms. The summed E-state index contributed by atoms with van der Waals surface area (Å²) in [7, 11) is 0. The van der Waals surface area contributed by atoms with Crippen LogP contribution in [0, 0.1) is 0 Å². The number of anilines is 5. The zero-order valence-electron chi connectivity index (χ0n) is 15.7. The number of hydrogen-bond donors (Lipinski definition) is 5. The smallest absolute Gasteiger partial charge is 0.0694 e. The standard InChI is InChI=1S/C7H8ClNS.C6H6Br2N2.C6H6Cl2N2/c1-10-7-3-2-5(9)4-6(7)8;2*7-4-1-3(9)2-5(8)6(4)10/h2-4H,9H2,1H3;2*1-2H,9-10H2. The molecular formula is C19H20Br2Cl3N5S. The van der Waals surface area contributed by atoms with Crippen LogP contribution in [-0.4, -0.2) is 6.26 Å². The molecule has 0 amide bonds. The predicted molar refractivity (Wildman–Crippen MR) is 144 cm³/mol. The number of thioether (sulfide) groups is 1. The highest BCUT2D eigenvalue weighted by Gasteiger charge is 2.02. The van der Waals surface area contributed by atoms with E-state index in [2.05, 4.69) is 31.9 Å². The highest BCUT2D eigenvalue weighted by molar-refractivity contribution is 9.11. The van der Waals surface area contributed by atoms with E-state index in [9.17, 15) is 0 Å². The number of nitrogens with two attached hydrogens (primary N) is 5. The topological polar surface area (TPSA) is 130 Å². The Bertz CT molecular complexity index is 920. The molecule has 3 aromatic rings. The summed E-state index contributed by atoms with van der Waals surface area (Å²) in [6, 6.07) is 12.2. The maximum Gasteiger partial charge on any atom is 0.0694 e. The minimum Gasteiger partial charge on any atom is -0.399 e. The van der Waals surface area contributed by atoms with Gasteiger partial charge in [-0.15, -0.1) is 11.8 Å². The summed E-state index contributed by atoms with van der Waals surface area (Å²) in [4.78, 5) is 1.07. The molecule has 30 heavy (non-hydrogen) atoms. The summed E-state index contributed by atoms with van der Waals surface area (Å²) < 4.78 is 1.64. The fourth-order valence-electron chi connectivity index (χ4n) is 1.89. The van der Waals surface area contributed by atoms with Crippen molar-refractivity contribution >= 4 is 107 Å². The molecule has 0 radical (unpaired) electrons. The molecule has 0 aliphatic rings. The van der Waals surface area contributed by atoms with Crippen LogP contribution in [0.4, 0.5) is 28.4 Å². The third-order valence-corrected chi connectivity index (χ3v) is 6.54. The van der Waals surface area contributed by atoms with Gasteiger partial charge in [-0.3, -0.25) is 0 Å². The Morgan fingerprint density at radius 2 is 1.07 bits per heavy atom. The fraction of sp³-hybridized carbons (Fsp3) is 0.0526. The van der Waals surface area contributed by atoms with Gasteiger partial charge in [0, 0.05) is 30.9 Å². The number of rotatable bonds is 1. The molecule has 0 unspecified atom stereocenters. The van der Waals surface area contributed by atoms with Gasteiger partial charge in [-0.2, -0.15) is 0 Å². The van der Waals surface area contributed by atoms with E-state index in [1.807, 2.05) is 18.4 Å². The quantitative estimate of drug-likeness (QED) is 0.146. The number of halogens is 5. The largest absolute Gasteiger partial charge is 0.399 e. The van der Waals surface area contributed by atoms with E-state index in [0.29, 0.717) is 38.5 Å².